The lowest BCUT2D eigenvalue weighted by Gasteiger charge is -2.69. The molecule has 1 N–H and O–H groups in total. The lowest BCUT2D eigenvalue weighted by Crippen LogP contribution is -2.79. The number of halogens is 1. The van der Waals surface area contributed by atoms with E-state index < -0.39 is 57.8 Å². The highest BCUT2D eigenvalue weighted by molar-refractivity contribution is 6.37. The summed E-state index contributed by atoms with van der Waals surface area (Å²) in [4.78, 5) is 38.1. The predicted octanol–water partition coefficient (Wildman–Crippen LogP) is 2.97. The second-order valence-corrected chi connectivity index (χ2v) is 10.9. The molecule has 8 atom stereocenters. The molecule has 4 aliphatic carbocycles. The monoisotopic (exact) mass is 464 g/mol. The fourth-order valence-corrected chi connectivity index (χ4v) is 8.34. The number of ketones is 2. The number of esters is 1. The molecule has 33 heavy (non-hydrogen) atoms. The van der Waals surface area contributed by atoms with Gasteiger partial charge in [0.15, 0.2) is 17.7 Å². The fraction of sp³-hybridized carbons (Fsp3) is 0.800. The molecule has 3 saturated carbocycles. The minimum absolute atomic E-state index is 0.00585. The molecule has 8 heteroatoms. The van der Waals surface area contributed by atoms with Gasteiger partial charge in [-0.3, -0.25) is 9.59 Å². The van der Waals surface area contributed by atoms with E-state index in [1.165, 1.54) is 0 Å². The van der Waals surface area contributed by atoms with Gasteiger partial charge in [-0.1, -0.05) is 19.4 Å². The Morgan fingerprint density at radius 3 is 2.64 bits per heavy atom. The van der Waals surface area contributed by atoms with Crippen LogP contribution in [0.5, 0.6) is 0 Å². The number of aliphatic hydroxyl groups is 1. The zero-order chi connectivity index (χ0) is 24.0. The van der Waals surface area contributed by atoms with Crippen LogP contribution in [0.1, 0.15) is 72.6 Å². The van der Waals surface area contributed by atoms with Crippen LogP contribution in [0, 0.1) is 16.7 Å². The number of carbonyl (C=O) groups is 3. The van der Waals surface area contributed by atoms with Crippen molar-refractivity contribution in [1.82, 2.24) is 0 Å². The molecule has 2 bridgehead atoms. The van der Waals surface area contributed by atoms with Crippen LogP contribution in [0.2, 0.25) is 0 Å². The summed E-state index contributed by atoms with van der Waals surface area (Å²) in [5.41, 5.74) is -6.02. The van der Waals surface area contributed by atoms with Gasteiger partial charge in [0, 0.05) is 23.2 Å². The standard InChI is InChI=1S/C25H33FO7/c1-5-31-20(30)19(29)24-11-10-23(32-14(2)33-24)17-7-6-15-12-16(27)8-9-21(15,3)25(17,26)18(28)13-22(23,24)4/h12,14,17-18,28H,5-11,13H2,1-4H3/t14?,17-,18-,21-,22-,23+,24+,25-/m0/s1. The Balaban J connectivity index is 1.66. The van der Waals surface area contributed by atoms with E-state index in [1.807, 2.05) is 6.92 Å². The third kappa shape index (κ3) is 2.47. The molecule has 182 valence electrons. The highest BCUT2D eigenvalue weighted by Crippen LogP contribution is 2.75. The number of allylic oxidation sites excluding steroid dienone is 1. The minimum atomic E-state index is -2.03. The number of carbonyl (C=O) groups excluding carboxylic acids is 3. The Morgan fingerprint density at radius 2 is 1.94 bits per heavy atom. The predicted molar refractivity (Wildman–Crippen MR) is 114 cm³/mol. The lowest BCUT2D eigenvalue weighted by atomic mass is 9.42. The summed E-state index contributed by atoms with van der Waals surface area (Å²) in [5.74, 6) is -2.47. The third-order valence-electron chi connectivity index (χ3n) is 9.86. The average molecular weight is 465 g/mol. The molecule has 1 aliphatic heterocycles. The number of rotatable bonds is 3. The van der Waals surface area contributed by atoms with Crippen LogP contribution in [0.4, 0.5) is 4.39 Å². The first kappa shape index (κ1) is 23.1. The Hall–Kier alpha value is -1.64. The minimum Gasteiger partial charge on any atom is -0.460 e. The molecular formula is C25H33FO7. The van der Waals surface area contributed by atoms with Crippen molar-refractivity contribution in [3.63, 3.8) is 0 Å². The Labute approximate surface area is 193 Å². The molecule has 0 aromatic carbocycles. The van der Waals surface area contributed by atoms with Gasteiger partial charge in [0.1, 0.15) is 5.60 Å². The summed E-state index contributed by atoms with van der Waals surface area (Å²) >= 11 is 0. The number of Topliss-reactive ketones (excluding diaryl/α,β-unsaturated/α-hetero) is 1. The highest BCUT2D eigenvalue weighted by Gasteiger charge is 2.83. The molecule has 1 heterocycles. The van der Waals surface area contributed by atoms with Crippen LogP contribution >= 0.6 is 0 Å². The maximum absolute atomic E-state index is 17.5. The Bertz CT molecular complexity index is 962. The van der Waals surface area contributed by atoms with Gasteiger partial charge in [-0.2, -0.15) is 0 Å². The number of aliphatic hydroxyl groups excluding tert-OH is 1. The van der Waals surface area contributed by atoms with Crippen LogP contribution in [0.25, 0.3) is 0 Å². The molecule has 0 amide bonds. The van der Waals surface area contributed by atoms with E-state index in [1.54, 1.807) is 26.8 Å². The van der Waals surface area contributed by atoms with Crippen molar-refractivity contribution < 1.29 is 38.1 Å². The fourth-order valence-electron chi connectivity index (χ4n) is 8.34. The van der Waals surface area contributed by atoms with Crippen LogP contribution in [0.15, 0.2) is 11.6 Å². The Kier molecular flexibility index (Phi) is 4.87. The number of hydrogen-bond acceptors (Lipinski definition) is 7. The number of hydrogen-bond donors (Lipinski definition) is 1. The SMILES string of the molecule is CCOC(=O)C(=O)[C@@]12CC[C@@]3(OC(C)O1)[C@@H]1CCC4=CC(=O)CC[C@]4(C)[C@@]1(F)[C@@H](O)C[C@]23C. The van der Waals surface area contributed by atoms with E-state index in [4.69, 9.17) is 14.2 Å². The van der Waals surface area contributed by atoms with Crippen molar-refractivity contribution in [2.24, 2.45) is 16.7 Å². The number of fused-ring (bicyclic) bond motifs is 3. The zero-order valence-corrected chi connectivity index (χ0v) is 19.7. The second kappa shape index (κ2) is 6.95. The molecule has 0 aromatic rings. The number of alkyl halides is 1. The van der Waals surface area contributed by atoms with Gasteiger partial charge in [-0.05, 0) is 58.4 Å². The first-order valence-corrected chi connectivity index (χ1v) is 12.1. The molecule has 0 radical (unpaired) electrons. The van der Waals surface area contributed by atoms with Gasteiger partial charge in [0.05, 0.1) is 18.3 Å². The zero-order valence-electron chi connectivity index (χ0n) is 19.7. The molecule has 5 rings (SSSR count). The van der Waals surface area contributed by atoms with Gasteiger partial charge in [-0.15, -0.1) is 0 Å². The Morgan fingerprint density at radius 1 is 1.21 bits per heavy atom. The summed E-state index contributed by atoms with van der Waals surface area (Å²) in [6, 6.07) is 0. The van der Waals surface area contributed by atoms with Gasteiger partial charge < -0.3 is 19.3 Å². The first-order valence-electron chi connectivity index (χ1n) is 12.1. The lowest BCUT2D eigenvalue weighted by molar-refractivity contribution is -0.385. The first-order chi connectivity index (χ1) is 15.4. The molecule has 4 fully saturated rings. The largest absolute Gasteiger partial charge is 0.460 e. The molecule has 1 unspecified atom stereocenters. The van der Waals surface area contributed by atoms with Gasteiger partial charge >= 0.3 is 5.97 Å². The van der Waals surface area contributed by atoms with Crippen molar-refractivity contribution in [1.29, 1.82) is 0 Å². The number of ether oxygens (including phenoxy) is 3. The van der Waals surface area contributed by atoms with Crippen LogP contribution < -0.4 is 0 Å². The topological polar surface area (TPSA) is 99.1 Å². The van der Waals surface area contributed by atoms with Crippen molar-refractivity contribution in [3.05, 3.63) is 11.6 Å². The summed E-state index contributed by atoms with van der Waals surface area (Å²) in [5, 5.41) is 11.5. The van der Waals surface area contributed by atoms with Crippen molar-refractivity contribution in [2.45, 2.75) is 102 Å². The summed E-state index contributed by atoms with van der Waals surface area (Å²) in [6.45, 7) is 6.96. The molecule has 0 spiro atoms. The van der Waals surface area contributed by atoms with E-state index in [0.29, 0.717) is 25.7 Å². The van der Waals surface area contributed by atoms with Gasteiger partial charge in [0.2, 0.25) is 0 Å². The molecular weight excluding hydrogens is 431 g/mol. The van der Waals surface area contributed by atoms with E-state index in [-0.39, 0.29) is 31.7 Å². The molecule has 7 nitrogen and oxygen atoms in total. The third-order valence-corrected chi connectivity index (χ3v) is 9.86. The maximum Gasteiger partial charge on any atom is 0.377 e. The highest BCUT2D eigenvalue weighted by atomic mass is 19.1. The van der Waals surface area contributed by atoms with E-state index in [0.717, 1.165) is 5.57 Å². The van der Waals surface area contributed by atoms with E-state index in [9.17, 15) is 19.5 Å². The quantitative estimate of drug-likeness (QED) is 0.506. The van der Waals surface area contributed by atoms with Crippen LogP contribution in [-0.4, -0.2) is 58.5 Å². The molecule has 1 saturated heterocycles. The summed E-state index contributed by atoms with van der Waals surface area (Å²) in [6.07, 6.45) is 1.26. The molecule has 5 aliphatic rings. The van der Waals surface area contributed by atoms with Crippen molar-refractivity contribution in [2.75, 3.05) is 6.61 Å². The van der Waals surface area contributed by atoms with Crippen LogP contribution in [0.3, 0.4) is 0 Å². The van der Waals surface area contributed by atoms with Crippen molar-refractivity contribution >= 4 is 17.5 Å². The van der Waals surface area contributed by atoms with Gasteiger partial charge in [-0.25, -0.2) is 9.18 Å². The van der Waals surface area contributed by atoms with Gasteiger partial charge in [0.25, 0.3) is 5.78 Å². The molecule has 0 aromatic heterocycles. The maximum atomic E-state index is 17.5. The summed E-state index contributed by atoms with van der Waals surface area (Å²) < 4.78 is 35.1. The summed E-state index contributed by atoms with van der Waals surface area (Å²) in [7, 11) is 0. The van der Waals surface area contributed by atoms with E-state index >= 15 is 4.39 Å². The average Bonchev–Trinajstić information content (AvgIpc) is 2.88. The smallest absolute Gasteiger partial charge is 0.377 e. The normalized spacial score (nSPS) is 50.5. The van der Waals surface area contributed by atoms with Crippen LogP contribution in [-0.2, 0) is 28.6 Å². The van der Waals surface area contributed by atoms with E-state index in [2.05, 4.69) is 0 Å². The van der Waals surface area contributed by atoms with Crippen molar-refractivity contribution in [3.8, 4) is 0 Å². The second-order valence-electron chi connectivity index (χ2n) is 10.9.